The van der Waals surface area contributed by atoms with Gasteiger partial charge in [-0.2, -0.15) is 0 Å². The van der Waals surface area contributed by atoms with Crippen LogP contribution in [0, 0.1) is 0 Å². The van der Waals surface area contributed by atoms with Gasteiger partial charge in [-0.1, -0.05) is 0 Å². The molecule has 0 aromatic carbocycles. The maximum atomic E-state index is 12.6. The van der Waals surface area contributed by atoms with E-state index in [1.807, 2.05) is 13.8 Å². The van der Waals surface area contributed by atoms with Gasteiger partial charge in [-0.3, -0.25) is 4.90 Å². The van der Waals surface area contributed by atoms with Crippen molar-refractivity contribution in [2.24, 2.45) is 0 Å². The van der Waals surface area contributed by atoms with Gasteiger partial charge >= 0.3 is 0 Å². The first-order valence-electron chi connectivity index (χ1n) is 7.75. The minimum atomic E-state index is -2.40. The molecule has 0 amide bonds. The fourth-order valence-electron chi connectivity index (χ4n) is 2.46. The van der Waals surface area contributed by atoms with Gasteiger partial charge in [-0.15, -0.1) is 0 Å². The van der Waals surface area contributed by atoms with E-state index in [4.69, 9.17) is 4.74 Å². The van der Waals surface area contributed by atoms with Crippen LogP contribution in [-0.4, -0.2) is 67.2 Å². The molecule has 0 spiro atoms. The van der Waals surface area contributed by atoms with Crippen LogP contribution in [-0.2, 0) is 4.74 Å². The van der Waals surface area contributed by atoms with Crippen molar-refractivity contribution in [3.05, 3.63) is 0 Å². The molecule has 20 heavy (non-hydrogen) atoms. The van der Waals surface area contributed by atoms with E-state index < -0.39 is 5.92 Å². The Labute approximate surface area is 122 Å². The lowest BCUT2D eigenvalue weighted by Gasteiger charge is -2.34. The topological polar surface area (TPSA) is 15.7 Å². The van der Waals surface area contributed by atoms with Gasteiger partial charge in [-0.25, -0.2) is 8.78 Å². The summed E-state index contributed by atoms with van der Waals surface area (Å²) in [4.78, 5) is 4.53. The third-order valence-electron chi connectivity index (χ3n) is 4.04. The fraction of sp³-hybridized carbons (Fsp3) is 1.00. The van der Waals surface area contributed by atoms with E-state index in [2.05, 4.69) is 23.6 Å². The Kier molecular flexibility index (Phi) is 7.34. The minimum absolute atomic E-state index is 0.0329. The molecule has 0 aromatic heterocycles. The normalized spacial score (nSPS) is 24.6. The molecule has 2 heterocycles. The first-order valence-corrected chi connectivity index (χ1v) is 7.75. The van der Waals surface area contributed by atoms with Crippen LogP contribution in [0.25, 0.3) is 0 Å². The van der Waals surface area contributed by atoms with Gasteiger partial charge in [0, 0.05) is 51.1 Å². The van der Waals surface area contributed by atoms with Gasteiger partial charge in [0.25, 0.3) is 5.92 Å². The van der Waals surface area contributed by atoms with Crippen LogP contribution in [0.4, 0.5) is 8.78 Å². The number of likely N-dealkylation sites (tertiary alicyclic amines) is 1. The van der Waals surface area contributed by atoms with E-state index in [-0.39, 0.29) is 12.8 Å². The number of morpholine rings is 1. The maximum Gasteiger partial charge on any atom is 0.250 e. The average Bonchev–Trinajstić information content (AvgIpc) is 2.40. The lowest BCUT2D eigenvalue weighted by Crippen LogP contribution is -2.42. The molecule has 2 fully saturated rings. The third-order valence-corrected chi connectivity index (χ3v) is 4.04. The molecule has 2 rings (SSSR count). The molecule has 0 unspecified atom stereocenters. The predicted molar refractivity (Wildman–Crippen MR) is 78.4 cm³/mol. The zero-order chi connectivity index (χ0) is 15.2. The van der Waals surface area contributed by atoms with Crippen LogP contribution in [0.2, 0.25) is 0 Å². The molecule has 0 bridgehead atoms. The van der Waals surface area contributed by atoms with E-state index in [0.29, 0.717) is 25.2 Å². The number of ether oxygens (including phenoxy) is 1. The van der Waals surface area contributed by atoms with E-state index in [1.165, 1.54) is 0 Å². The van der Waals surface area contributed by atoms with E-state index in [0.717, 1.165) is 26.3 Å². The lowest BCUT2D eigenvalue weighted by molar-refractivity contribution is -0.0603. The summed E-state index contributed by atoms with van der Waals surface area (Å²) in [5.41, 5.74) is 0. The Morgan fingerprint density at radius 2 is 1.20 bits per heavy atom. The van der Waals surface area contributed by atoms with Crippen molar-refractivity contribution in [2.45, 2.75) is 58.5 Å². The second kappa shape index (κ2) is 8.25. The number of piperidine rings is 1. The largest absolute Gasteiger partial charge is 0.379 e. The number of alkyl halides is 2. The highest BCUT2D eigenvalue weighted by Gasteiger charge is 2.34. The van der Waals surface area contributed by atoms with Crippen molar-refractivity contribution in [3.8, 4) is 0 Å². The highest BCUT2D eigenvalue weighted by Crippen LogP contribution is 2.28. The number of rotatable bonds is 2. The Morgan fingerprint density at radius 3 is 1.55 bits per heavy atom. The minimum Gasteiger partial charge on any atom is -0.379 e. The summed E-state index contributed by atoms with van der Waals surface area (Å²) in [5, 5.41) is 0. The molecule has 0 atom stereocenters. The third kappa shape index (κ3) is 6.46. The molecule has 0 aliphatic carbocycles. The molecule has 0 saturated carbocycles. The zero-order valence-corrected chi connectivity index (χ0v) is 13.4. The van der Waals surface area contributed by atoms with Crippen LogP contribution in [0.5, 0.6) is 0 Å². The summed E-state index contributed by atoms with van der Waals surface area (Å²) in [6.45, 7) is 13.7. The predicted octanol–water partition coefficient (Wildman–Crippen LogP) is 2.85. The second-order valence-electron chi connectivity index (χ2n) is 6.23. The maximum absolute atomic E-state index is 12.6. The Balaban J connectivity index is 0.000000204. The molecule has 0 aromatic rings. The van der Waals surface area contributed by atoms with Crippen LogP contribution >= 0.6 is 0 Å². The van der Waals surface area contributed by atoms with Crippen LogP contribution in [0.3, 0.4) is 0 Å². The van der Waals surface area contributed by atoms with Crippen molar-refractivity contribution in [2.75, 3.05) is 39.4 Å². The summed E-state index contributed by atoms with van der Waals surface area (Å²) in [6.07, 6.45) is 0.0658. The van der Waals surface area contributed by atoms with E-state index in [1.54, 1.807) is 0 Å². The zero-order valence-electron chi connectivity index (χ0n) is 13.4. The Bertz CT molecular complexity index is 257. The van der Waals surface area contributed by atoms with Crippen molar-refractivity contribution < 1.29 is 13.5 Å². The summed E-state index contributed by atoms with van der Waals surface area (Å²) in [6, 6.07) is 1.10. The molecular formula is C15H30F2N2O. The highest BCUT2D eigenvalue weighted by atomic mass is 19.3. The van der Waals surface area contributed by atoms with Gasteiger partial charge in [-0.05, 0) is 27.7 Å². The van der Waals surface area contributed by atoms with Crippen LogP contribution < -0.4 is 0 Å². The SMILES string of the molecule is CC(C)N1CCC(F)(F)CC1.CC(C)N1CCOCC1. The molecule has 120 valence electrons. The lowest BCUT2D eigenvalue weighted by atomic mass is 10.1. The Hall–Kier alpha value is -0.260. The van der Waals surface area contributed by atoms with Gasteiger partial charge in [0.05, 0.1) is 13.2 Å². The molecule has 2 aliphatic rings. The number of nitrogens with zero attached hydrogens (tertiary/aromatic N) is 2. The van der Waals surface area contributed by atoms with Crippen molar-refractivity contribution in [1.29, 1.82) is 0 Å². The first kappa shape index (κ1) is 17.8. The van der Waals surface area contributed by atoms with Gasteiger partial charge in [0.1, 0.15) is 0 Å². The van der Waals surface area contributed by atoms with Gasteiger partial charge in [0.15, 0.2) is 0 Å². The molecule has 5 heteroatoms. The molecule has 3 nitrogen and oxygen atoms in total. The van der Waals surface area contributed by atoms with Crippen molar-refractivity contribution in [1.82, 2.24) is 9.80 Å². The van der Waals surface area contributed by atoms with Crippen molar-refractivity contribution in [3.63, 3.8) is 0 Å². The van der Waals surface area contributed by atoms with E-state index >= 15 is 0 Å². The fourth-order valence-corrected chi connectivity index (χ4v) is 2.46. The average molecular weight is 292 g/mol. The van der Waals surface area contributed by atoms with Crippen LogP contribution in [0.15, 0.2) is 0 Å². The van der Waals surface area contributed by atoms with Gasteiger partial charge < -0.3 is 9.64 Å². The number of hydrogen-bond acceptors (Lipinski definition) is 3. The molecule has 2 saturated heterocycles. The number of hydrogen-bond donors (Lipinski definition) is 0. The van der Waals surface area contributed by atoms with E-state index in [9.17, 15) is 8.78 Å². The smallest absolute Gasteiger partial charge is 0.250 e. The molecular weight excluding hydrogens is 262 g/mol. The summed E-state index contributed by atoms with van der Waals surface area (Å²) >= 11 is 0. The molecule has 0 N–H and O–H groups in total. The second-order valence-corrected chi connectivity index (χ2v) is 6.23. The molecule has 2 aliphatic heterocycles. The van der Waals surface area contributed by atoms with Crippen LogP contribution in [0.1, 0.15) is 40.5 Å². The van der Waals surface area contributed by atoms with Gasteiger partial charge in [0.2, 0.25) is 0 Å². The monoisotopic (exact) mass is 292 g/mol. The quantitative estimate of drug-likeness (QED) is 0.778. The first-order chi connectivity index (χ1) is 9.32. The standard InChI is InChI=1S/C8H15F2N.C7H15NO/c1-7(2)11-5-3-8(9,10)4-6-11;1-7(2)8-3-5-9-6-4-8/h7H,3-6H2,1-2H3;7H,3-6H2,1-2H3. The highest BCUT2D eigenvalue weighted by molar-refractivity contribution is 4.78. The number of halogens is 2. The molecule has 0 radical (unpaired) electrons. The summed E-state index contributed by atoms with van der Waals surface area (Å²) in [5.74, 6) is -2.40. The van der Waals surface area contributed by atoms with Crippen molar-refractivity contribution >= 4 is 0 Å². The Morgan fingerprint density at radius 1 is 0.800 bits per heavy atom. The summed E-state index contributed by atoms with van der Waals surface area (Å²) in [7, 11) is 0. The summed E-state index contributed by atoms with van der Waals surface area (Å²) < 4.78 is 30.4.